The summed E-state index contributed by atoms with van der Waals surface area (Å²) in [6.45, 7) is 0. The van der Waals surface area contributed by atoms with E-state index in [1.807, 2.05) is 0 Å². The van der Waals surface area contributed by atoms with Crippen LogP contribution in [0.3, 0.4) is 0 Å². The Kier molecular flexibility index (Phi) is 5.64. The molecule has 3 rings (SSSR count). The molecule has 1 aliphatic carbocycles. The lowest BCUT2D eigenvalue weighted by atomic mass is 9.99. The van der Waals surface area contributed by atoms with Gasteiger partial charge < -0.3 is 4.90 Å². The van der Waals surface area contributed by atoms with Crippen molar-refractivity contribution < 1.29 is 28.0 Å². The van der Waals surface area contributed by atoms with Gasteiger partial charge in [0, 0.05) is 24.1 Å². The number of rotatable bonds is 4. The summed E-state index contributed by atoms with van der Waals surface area (Å²) >= 11 is 0. The maximum atomic E-state index is 13.2. The molecule has 1 saturated carbocycles. The first kappa shape index (κ1) is 19.8. The molecule has 0 aliphatic heterocycles. The molecule has 1 aromatic heterocycles. The van der Waals surface area contributed by atoms with E-state index < -0.39 is 30.0 Å². The van der Waals surface area contributed by atoms with Gasteiger partial charge in [-0.3, -0.25) is 19.8 Å². The van der Waals surface area contributed by atoms with Gasteiger partial charge in [-0.15, -0.1) is 0 Å². The van der Waals surface area contributed by atoms with E-state index in [0.717, 1.165) is 11.1 Å². The SMILES string of the molecule is O=C(NO)[C@H]1CCC[C@H]1N(C(=O)C(F)(F)F)c1ccc(-c2ccncc2)cc1. The Bertz CT molecular complexity index is 841. The summed E-state index contributed by atoms with van der Waals surface area (Å²) in [6, 6.07) is 8.58. The number of carbonyl (C=O) groups is 2. The third-order valence-corrected chi connectivity index (χ3v) is 4.88. The van der Waals surface area contributed by atoms with Crippen molar-refractivity contribution in [1.82, 2.24) is 10.5 Å². The lowest BCUT2D eigenvalue weighted by Crippen LogP contribution is -2.51. The highest BCUT2D eigenvalue weighted by Gasteiger charge is 2.49. The van der Waals surface area contributed by atoms with E-state index in [1.54, 1.807) is 36.7 Å². The minimum absolute atomic E-state index is 0.0442. The van der Waals surface area contributed by atoms with Gasteiger partial charge in [-0.25, -0.2) is 5.48 Å². The van der Waals surface area contributed by atoms with Crippen molar-refractivity contribution in [2.45, 2.75) is 31.5 Å². The number of anilines is 1. The van der Waals surface area contributed by atoms with E-state index in [0.29, 0.717) is 11.3 Å². The molecule has 148 valence electrons. The lowest BCUT2D eigenvalue weighted by Gasteiger charge is -2.33. The molecule has 1 fully saturated rings. The third kappa shape index (κ3) is 3.99. The van der Waals surface area contributed by atoms with Crippen LogP contribution in [0, 0.1) is 5.92 Å². The minimum Gasteiger partial charge on any atom is -0.301 e. The fourth-order valence-electron chi connectivity index (χ4n) is 3.59. The summed E-state index contributed by atoms with van der Waals surface area (Å²) in [5.41, 5.74) is 3.11. The molecular formula is C19H18F3N3O3. The van der Waals surface area contributed by atoms with E-state index in [9.17, 15) is 22.8 Å². The number of hydroxylamine groups is 1. The standard InChI is InChI=1S/C19H18F3N3O3/c20-19(21,22)18(27)25(16-3-1-2-15(16)17(26)24-28)14-6-4-12(5-7-14)13-8-10-23-11-9-13/h4-11,15-16,28H,1-3H2,(H,24,26)/t15-,16+/m0/s1. The zero-order valence-corrected chi connectivity index (χ0v) is 14.7. The topological polar surface area (TPSA) is 82.5 Å². The fourth-order valence-corrected chi connectivity index (χ4v) is 3.59. The van der Waals surface area contributed by atoms with Gasteiger partial charge in [0.1, 0.15) is 0 Å². The van der Waals surface area contributed by atoms with Crippen molar-refractivity contribution >= 4 is 17.5 Å². The first-order valence-corrected chi connectivity index (χ1v) is 8.67. The molecule has 1 heterocycles. The number of halogens is 3. The zero-order chi connectivity index (χ0) is 20.3. The number of aromatic nitrogens is 1. The van der Waals surface area contributed by atoms with Crippen molar-refractivity contribution in [3.63, 3.8) is 0 Å². The van der Waals surface area contributed by atoms with Gasteiger partial charge in [-0.2, -0.15) is 13.2 Å². The summed E-state index contributed by atoms with van der Waals surface area (Å²) in [6.07, 6.45) is -0.912. The second kappa shape index (κ2) is 7.97. The van der Waals surface area contributed by atoms with Crippen LogP contribution in [0.2, 0.25) is 0 Å². The van der Waals surface area contributed by atoms with Gasteiger partial charge in [0.2, 0.25) is 5.91 Å². The summed E-state index contributed by atoms with van der Waals surface area (Å²) < 4.78 is 39.7. The van der Waals surface area contributed by atoms with E-state index in [2.05, 4.69) is 4.98 Å². The predicted octanol–water partition coefficient (Wildman–Crippen LogP) is 3.32. The Labute approximate surface area is 158 Å². The number of nitrogens with zero attached hydrogens (tertiary/aromatic N) is 2. The monoisotopic (exact) mass is 393 g/mol. The van der Waals surface area contributed by atoms with Crippen molar-refractivity contribution in [2.24, 2.45) is 5.92 Å². The molecule has 1 aliphatic rings. The molecule has 0 radical (unpaired) electrons. The highest BCUT2D eigenvalue weighted by atomic mass is 19.4. The van der Waals surface area contributed by atoms with Crippen molar-refractivity contribution in [2.75, 3.05) is 4.90 Å². The van der Waals surface area contributed by atoms with Gasteiger partial charge in [0.25, 0.3) is 0 Å². The molecule has 2 amide bonds. The molecule has 1 aromatic carbocycles. The molecule has 28 heavy (non-hydrogen) atoms. The normalized spacial score (nSPS) is 19.3. The highest BCUT2D eigenvalue weighted by molar-refractivity contribution is 5.99. The van der Waals surface area contributed by atoms with Gasteiger partial charge in [-0.1, -0.05) is 18.6 Å². The number of nitrogens with one attached hydrogen (secondary N) is 1. The molecule has 2 atom stereocenters. The Balaban J connectivity index is 1.98. The van der Waals surface area contributed by atoms with E-state index in [-0.39, 0.29) is 18.5 Å². The average Bonchev–Trinajstić information content (AvgIpc) is 3.17. The molecule has 9 heteroatoms. The average molecular weight is 393 g/mol. The van der Waals surface area contributed by atoms with Crippen LogP contribution in [0.15, 0.2) is 48.8 Å². The largest absolute Gasteiger partial charge is 0.471 e. The second-order valence-corrected chi connectivity index (χ2v) is 6.54. The van der Waals surface area contributed by atoms with Gasteiger partial charge in [-0.05, 0) is 48.2 Å². The Hall–Kier alpha value is -2.94. The lowest BCUT2D eigenvalue weighted by molar-refractivity contribution is -0.171. The molecule has 0 spiro atoms. The second-order valence-electron chi connectivity index (χ2n) is 6.54. The molecule has 0 bridgehead atoms. The predicted molar refractivity (Wildman–Crippen MR) is 94.3 cm³/mol. The molecular weight excluding hydrogens is 375 g/mol. The first-order valence-electron chi connectivity index (χ1n) is 8.67. The van der Waals surface area contributed by atoms with E-state index in [4.69, 9.17) is 5.21 Å². The zero-order valence-electron chi connectivity index (χ0n) is 14.7. The minimum atomic E-state index is -5.09. The number of alkyl halides is 3. The molecule has 0 saturated heterocycles. The third-order valence-electron chi connectivity index (χ3n) is 4.88. The van der Waals surface area contributed by atoms with Gasteiger partial charge in [0.15, 0.2) is 0 Å². The molecule has 2 aromatic rings. The van der Waals surface area contributed by atoms with Crippen LogP contribution in [0.5, 0.6) is 0 Å². The fraction of sp³-hybridized carbons (Fsp3) is 0.316. The van der Waals surface area contributed by atoms with Gasteiger partial charge in [0.05, 0.1) is 5.92 Å². The van der Waals surface area contributed by atoms with Crippen LogP contribution in [-0.4, -0.2) is 34.2 Å². The van der Waals surface area contributed by atoms with Crippen molar-refractivity contribution in [3.05, 3.63) is 48.8 Å². The van der Waals surface area contributed by atoms with Crippen LogP contribution in [0.4, 0.5) is 18.9 Å². The van der Waals surface area contributed by atoms with Crippen molar-refractivity contribution in [1.29, 1.82) is 0 Å². The molecule has 2 N–H and O–H groups in total. The van der Waals surface area contributed by atoms with Crippen molar-refractivity contribution in [3.8, 4) is 11.1 Å². The smallest absolute Gasteiger partial charge is 0.301 e. The summed E-state index contributed by atoms with van der Waals surface area (Å²) in [5, 5.41) is 8.90. The Morgan fingerprint density at radius 1 is 1.04 bits per heavy atom. The maximum absolute atomic E-state index is 13.2. The number of benzene rings is 1. The number of pyridine rings is 1. The van der Waals surface area contributed by atoms with E-state index >= 15 is 0 Å². The van der Waals surface area contributed by atoms with Crippen LogP contribution < -0.4 is 10.4 Å². The highest BCUT2D eigenvalue weighted by Crippen LogP contribution is 2.36. The Morgan fingerprint density at radius 2 is 1.64 bits per heavy atom. The van der Waals surface area contributed by atoms with Crippen LogP contribution in [0.1, 0.15) is 19.3 Å². The van der Waals surface area contributed by atoms with E-state index in [1.165, 1.54) is 17.6 Å². The number of hydrogen-bond donors (Lipinski definition) is 2. The van der Waals surface area contributed by atoms with Crippen LogP contribution in [0.25, 0.3) is 11.1 Å². The van der Waals surface area contributed by atoms with Crippen LogP contribution >= 0.6 is 0 Å². The first-order chi connectivity index (χ1) is 13.3. The summed E-state index contributed by atoms with van der Waals surface area (Å²) in [7, 11) is 0. The summed E-state index contributed by atoms with van der Waals surface area (Å²) in [4.78, 5) is 28.6. The van der Waals surface area contributed by atoms with Crippen LogP contribution in [-0.2, 0) is 9.59 Å². The number of carbonyl (C=O) groups excluding carboxylic acids is 2. The number of hydrogen-bond acceptors (Lipinski definition) is 4. The summed E-state index contributed by atoms with van der Waals surface area (Å²) in [5.74, 6) is -3.75. The maximum Gasteiger partial charge on any atom is 0.471 e. The molecule has 0 unspecified atom stereocenters. The quantitative estimate of drug-likeness (QED) is 0.617. The molecule has 6 nitrogen and oxygen atoms in total. The Morgan fingerprint density at radius 3 is 2.21 bits per heavy atom. The van der Waals surface area contributed by atoms with Gasteiger partial charge >= 0.3 is 12.1 Å². The number of amides is 2.